The Morgan fingerprint density at radius 1 is 0.914 bits per heavy atom. The zero-order chi connectivity index (χ0) is 24.8. The number of para-hydroxylation sites is 1. The number of carbonyl (C=O) groups excluding carboxylic acids is 2. The van der Waals surface area contributed by atoms with Crippen LogP contribution in [0.15, 0.2) is 72.8 Å². The number of aryl methyl sites for hydroxylation is 1. The van der Waals surface area contributed by atoms with Crippen molar-refractivity contribution in [3.8, 4) is 23.0 Å². The van der Waals surface area contributed by atoms with Crippen molar-refractivity contribution in [1.29, 1.82) is 0 Å². The molecule has 3 aromatic rings. The second-order valence-electron chi connectivity index (χ2n) is 7.99. The fraction of sp³-hybridized carbons (Fsp3) is 0.259. The van der Waals surface area contributed by atoms with E-state index >= 15 is 0 Å². The number of halogens is 1. The molecule has 0 saturated carbocycles. The summed E-state index contributed by atoms with van der Waals surface area (Å²) in [6.07, 6.45) is 1.90. The summed E-state index contributed by atoms with van der Waals surface area (Å²) in [4.78, 5) is 23.2. The van der Waals surface area contributed by atoms with Crippen molar-refractivity contribution in [2.24, 2.45) is 0 Å². The lowest BCUT2D eigenvalue weighted by Gasteiger charge is -2.21. The van der Waals surface area contributed by atoms with Gasteiger partial charge >= 0.3 is 0 Å². The molecule has 4 rings (SSSR count). The molecule has 35 heavy (non-hydrogen) atoms. The van der Waals surface area contributed by atoms with E-state index in [-0.39, 0.29) is 5.56 Å². The van der Waals surface area contributed by atoms with Crippen molar-refractivity contribution in [3.05, 3.63) is 83.9 Å². The normalized spacial score (nSPS) is 18.1. The summed E-state index contributed by atoms with van der Waals surface area (Å²) < 4.78 is 33.0. The Balaban J connectivity index is 1.42. The van der Waals surface area contributed by atoms with Gasteiger partial charge in [-0.3, -0.25) is 9.59 Å². The minimum Gasteiger partial charge on any atom is -0.457 e. The van der Waals surface area contributed by atoms with E-state index < -0.39 is 22.4 Å². The molecule has 0 spiro atoms. The lowest BCUT2D eigenvalue weighted by atomic mass is 10.1. The third-order valence-corrected chi connectivity index (χ3v) is 6.14. The maximum Gasteiger partial charge on any atom is 0.289 e. The highest BCUT2D eigenvalue weighted by Gasteiger charge is 2.49. The van der Waals surface area contributed by atoms with Crippen LogP contribution in [-0.4, -0.2) is 16.6 Å². The number of alkyl halides is 1. The maximum absolute atomic E-state index is 14.9. The quantitative estimate of drug-likeness (QED) is 0.248. The van der Waals surface area contributed by atoms with Gasteiger partial charge in [-0.2, -0.15) is 0 Å². The lowest BCUT2D eigenvalue weighted by Crippen LogP contribution is -2.38. The van der Waals surface area contributed by atoms with Gasteiger partial charge in [0.15, 0.2) is 0 Å². The highest BCUT2D eigenvalue weighted by atomic mass is 32.2. The molecule has 0 bridgehead atoms. The van der Waals surface area contributed by atoms with E-state index in [4.69, 9.17) is 14.2 Å². The number of nitrogens with one attached hydrogen (secondary N) is 1. The minimum atomic E-state index is -2.53. The van der Waals surface area contributed by atoms with Crippen molar-refractivity contribution in [2.75, 3.05) is 0 Å². The number of hydrogen-bond donors (Lipinski definition) is 1. The molecule has 3 aromatic carbocycles. The van der Waals surface area contributed by atoms with Crippen LogP contribution in [0.3, 0.4) is 0 Å². The summed E-state index contributed by atoms with van der Waals surface area (Å²) in [7, 11) is 0. The van der Waals surface area contributed by atoms with E-state index in [0.29, 0.717) is 35.4 Å². The van der Waals surface area contributed by atoms with Gasteiger partial charge < -0.3 is 19.5 Å². The van der Waals surface area contributed by atoms with E-state index in [0.717, 1.165) is 24.2 Å². The zero-order valence-electron chi connectivity index (χ0n) is 19.5. The third-order valence-electron chi connectivity index (χ3n) is 5.39. The standard InChI is InChI=1S/C27H26FNO5S/c1-3-8-18-9-5-6-12-23(18)32-21-10-7-11-22(17-21)34-24(4-2)33-20-15-13-19(14-16-20)27(28)25(30)35-26(31)29-27/h5-7,9-17,24H,3-4,8H2,1-2H3,(H,29,31). The summed E-state index contributed by atoms with van der Waals surface area (Å²) >= 11 is 0.321. The minimum absolute atomic E-state index is 0.0374. The van der Waals surface area contributed by atoms with E-state index in [9.17, 15) is 14.0 Å². The molecule has 2 unspecified atom stereocenters. The van der Waals surface area contributed by atoms with Crippen LogP contribution in [0.5, 0.6) is 23.0 Å². The Bertz CT molecular complexity index is 1200. The number of amides is 1. The number of carbonyl (C=O) groups is 2. The van der Waals surface area contributed by atoms with Gasteiger partial charge in [-0.05, 0) is 54.4 Å². The molecule has 1 saturated heterocycles. The van der Waals surface area contributed by atoms with Gasteiger partial charge in [0.2, 0.25) is 6.29 Å². The molecule has 0 radical (unpaired) electrons. The lowest BCUT2D eigenvalue weighted by molar-refractivity contribution is -0.122. The van der Waals surface area contributed by atoms with Crippen molar-refractivity contribution in [3.63, 3.8) is 0 Å². The Labute approximate surface area is 207 Å². The monoisotopic (exact) mass is 495 g/mol. The first-order valence-electron chi connectivity index (χ1n) is 11.4. The third kappa shape index (κ3) is 5.77. The van der Waals surface area contributed by atoms with Crippen LogP contribution in [0.2, 0.25) is 0 Å². The van der Waals surface area contributed by atoms with Crippen molar-refractivity contribution >= 4 is 22.1 Å². The largest absolute Gasteiger partial charge is 0.457 e. The van der Waals surface area contributed by atoms with E-state index in [1.807, 2.05) is 43.3 Å². The zero-order valence-corrected chi connectivity index (χ0v) is 20.3. The molecular weight excluding hydrogens is 469 g/mol. The molecule has 2 atom stereocenters. The summed E-state index contributed by atoms with van der Waals surface area (Å²) in [6.45, 7) is 4.05. The number of hydrogen-bond acceptors (Lipinski definition) is 6. The van der Waals surface area contributed by atoms with Crippen molar-refractivity contribution < 1.29 is 28.2 Å². The highest BCUT2D eigenvalue weighted by molar-refractivity contribution is 8.26. The van der Waals surface area contributed by atoms with Crippen molar-refractivity contribution in [2.45, 2.75) is 45.2 Å². The average molecular weight is 496 g/mol. The van der Waals surface area contributed by atoms with Crippen LogP contribution in [0.4, 0.5) is 9.18 Å². The molecule has 6 nitrogen and oxygen atoms in total. The van der Waals surface area contributed by atoms with Crippen LogP contribution in [0, 0.1) is 0 Å². The van der Waals surface area contributed by atoms with Gasteiger partial charge in [-0.25, -0.2) is 4.39 Å². The average Bonchev–Trinajstić information content (AvgIpc) is 3.12. The van der Waals surface area contributed by atoms with Gasteiger partial charge in [-0.1, -0.05) is 44.5 Å². The van der Waals surface area contributed by atoms with Crippen LogP contribution >= 0.6 is 11.8 Å². The Hall–Kier alpha value is -3.52. The summed E-state index contributed by atoms with van der Waals surface area (Å²) in [5.41, 5.74) is 1.18. The molecule has 0 aromatic heterocycles. The molecule has 1 N–H and O–H groups in total. The summed E-state index contributed by atoms with van der Waals surface area (Å²) in [5, 5.41) is 0.469. The molecule has 1 aliphatic rings. The van der Waals surface area contributed by atoms with Gasteiger partial charge in [0.1, 0.15) is 23.0 Å². The first-order chi connectivity index (χ1) is 16.9. The number of benzene rings is 3. The summed E-state index contributed by atoms with van der Waals surface area (Å²) in [5.74, 6) is -0.0418. The van der Waals surface area contributed by atoms with Crippen LogP contribution in [-0.2, 0) is 17.0 Å². The summed E-state index contributed by atoms with van der Waals surface area (Å²) in [6, 6.07) is 21.2. The van der Waals surface area contributed by atoms with Gasteiger partial charge in [0.25, 0.3) is 16.1 Å². The van der Waals surface area contributed by atoms with Crippen LogP contribution in [0.25, 0.3) is 0 Å². The second kappa shape index (κ2) is 10.8. The SMILES string of the molecule is CCCc1ccccc1Oc1cccc(OC(CC)Oc2ccc(C3(F)NC(=O)SC3=O)cc2)c1. The Morgan fingerprint density at radius 3 is 2.31 bits per heavy atom. The molecule has 1 aliphatic heterocycles. The molecule has 1 fully saturated rings. The van der Waals surface area contributed by atoms with Gasteiger partial charge in [0.05, 0.1) is 0 Å². The van der Waals surface area contributed by atoms with E-state index in [1.54, 1.807) is 6.07 Å². The number of thioether (sulfide) groups is 1. The molecule has 182 valence electrons. The highest BCUT2D eigenvalue weighted by Crippen LogP contribution is 2.36. The predicted octanol–water partition coefficient (Wildman–Crippen LogP) is 6.73. The molecule has 8 heteroatoms. The number of rotatable bonds is 10. The smallest absolute Gasteiger partial charge is 0.289 e. The van der Waals surface area contributed by atoms with E-state index in [2.05, 4.69) is 18.3 Å². The first-order valence-corrected chi connectivity index (χ1v) is 12.3. The van der Waals surface area contributed by atoms with Gasteiger partial charge in [-0.15, -0.1) is 0 Å². The van der Waals surface area contributed by atoms with E-state index in [1.165, 1.54) is 24.3 Å². The molecule has 1 amide bonds. The second-order valence-corrected chi connectivity index (χ2v) is 8.94. The number of ether oxygens (including phenoxy) is 3. The Kier molecular flexibility index (Phi) is 7.60. The maximum atomic E-state index is 14.9. The molecule has 1 heterocycles. The fourth-order valence-electron chi connectivity index (χ4n) is 3.64. The van der Waals surface area contributed by atoms with Crippen LogP contribution < -0.4 is 19.5 Å². The van der Waals surface area contributed by atoms with Gasteiger partial charge in [0, 0.05) is 29.8 Å². The predicted molar refractivity (Wildman–Crippen MR) is 133 cm³/mol. The first kappa shape index (κ1) is 24.6. The van der Waals surface area contributed by atoms with Crippen LogP contribution in [0.1, 0.15) is 37.8 Å². The molecule has 0 aliphatic carbocycles. The molecular formula is C27H26FNO5S. The van der Waals surface area contributed by atoms with Crippen molar-refractivity contribution in [1.82, 2.24) is 5.32 Å². The Morgan fingerprint density at radius 2 is 1.63 bits per heavy atom. The fourth-order valence-corrected chi connectivity index (χ4v) is 4.31. The topological polar surface area (TPSA) is 73.9 Å².